The van der Waals surface area contributed by atoms with Gasteiger partial charge in [0, 0.05) is 43.0 Å². The maximum atomic E-state index is 12.6. The van der Waals surface area contributed by atoms with Crippen LogP contribution in [-0.4, -0.2) is 49.8 Å². The molecule has 170 valence electrons. The van der Waals surface area contributed by atoms with E-state index in [0.717, 1.165) is 47.4 Å². The number of amides is 2. The van der Waals surface area contributed by atoms with E-state index in [4.69, 9.17) is 0 Å². The topological polar surface area (TPSA) is 112 Å². The number of carbonyl (C=O) groups excluding carboxylic acids is 1. The number of urea groups is 1. The Labute approximate surface area is 197 Å². The number of fused-ring (bicyclic) bond motifs is 1. The van der Waals surface area contributed by atoms with Crippen molar-refractivity contribution >= 4 is 22.8 Å². The number of nitrogens with zero attached hydrogens (tertiary/aromatic N) is 6. The number of nitrogens with one attached hydrogen (secondary N) is 2. The van der Waals surface area contributed by atoms with Gasteiger partial charge in [-0.25, -0.2) is 14.5 Å². The number of likely N-dealkylation sites (tertiary alicyclic amines) is 1. The van der Waals surface area contributed by atoms with Crippen LogP contribution in [0.2, 0.25) is 0 Å². The van der Waals surface area contributed by atoms with Crippen LogP contribution in [-0.2, 0) is 6.54 Å². The molecule has 9 nitrogen and oxygen atoms in total. The van der Waals surface area contributed by atoms with Crippen molar-refractivity contribution in [2.75, 3.05) is 18.4 Å². The van der Waals surface area contributed by atoms with Crippen LogP contribution in [0.5, 0.6) is 0 Å². The molecule has 1 fully saturated rings. The monoisotopic (exact) mass is 452 g/mol. The molecule has 1 aliphatic rings. The van der Waals surface area contributed by atoms with Crippen molar-refractivity contribution in [3.8, 4) is 11.8 Å². The zero-order valence-corrected chi connectivity index (χ0v) is 18.8. The minimum absolute atomic E-state index is 0.0376. The van der Waals surface area contributed by atoms with Crippen molar-refractivity contribution in [3.05, 3.63) is 77.9 Å². The van der Waals surface area contributed by atoms with E-state index in [9.17, 15) is 10.1 Å². The van der Waals surface area contributed by atoms with E-state index in [1.54, 1.807) is 23.3 Å². The van der Waals surface area contributed by atoms with Gasteiger partial charge in [0.05, 0.1) is 35.2 Å². The Hall–Kier alpha value is -4.29. The summed E-state index contributed by atoms with van der Waals surface area (Å²) in [5.41, 5.74) is 4.37. The highest BCUT2D eigenvalue weighted by Crippen LogP contribution is 2.21. The Kier molecular flexibility index (Phi) is 5.89. The average Bonchev–Trinajstić information content (AvgIpc) is 3.45. The molecule has 9 heteroatoms. The molecular formula is C25H24N8O. The molecule has 1 saturated heterocycles. The predicted molar refractivity (Wildman–Crippen MR) is 128 cm³/mol. The maximum absolute atomic E-state index is 12.6. The van der Waals surface area contributed by atoms with Crippen LogP contribution in [0.15, 0.2) is 61.1 Å². The summed E-state index contributed by atoms with van der Waals surface area (Å²) < 4.78 is 1.80. The highest BCUT2D eigenvalue weighted by Gasteiger charge is 2.24. The van der Waals surface area contributed by atoms with E-state index in [0.29, 0.717) is 17.9 Å². The third-order valence-corrected chi connectivity index (χ3v) is 5.96. The predicted octanol–water partition coefficient (Wildman–Crippen LogP) is 3.39. The Bertz CT molecular complexity index is 1390. The zero-order valence-electron chi connectivity index (χ0n) is 18.8. The van der Waals surface area contributed by atoms with Gasteiger partial charge < -0.3 is 5.32 Å². The standard InChI is InChI=1S/C25H24N8O/c1-17-10-22(6-8-27-17)33-23-14-28-24(11-20(23)13-29-33)31-25(34)30-21-7-9-32(16-21)15-19-5-3-2-4-18(19)12-26/h2-6,8,10-11,13-14,21H,7,9,15-16H2,1H3,(H2,28,30,31,34). The van der Waals surface area contributed by atoms with E-state index in [2.05, 4.69) is 36.7 Å². The summed E-state index contributed by atoms with van der Waals surface area (Å²) in [7, 11) is 0. The molecule has 2 N–H and O–H groups in total. The molecule has 0 aliphatic carbocycles. The number of benzene rings is 1. The van der Waals surface area contributed by atoms with Crippen LogP contribution in [0.1, 0.15) is 23.2 Å². The second kappa shape index (κ2) is 9.29. The molecule has 1 aliphatic heterocycles. The zero-order chi connectivity index (χ0) is 23.5. The van der Waals surface area contributed by atoms with E-state index < -0.39 is 0 Å². The second-order valence-electron chi connectivity index (χ2n) is 8.43. The van der Waals surface area contributed by atoms with Crippen LogP contribution in [0.3, 0.4) is 0 Å². The molecule has 5 rings (SSSR count). The molecule has 1 unspecified atom stereocenters. The minimum atomic E-state index is -0.284. The number of carbonyl (C=O) groups is 1. The number of nitriles is 1. The normalized spacial score (nSPS) is 15.8. The largest absolute Gasteiger partial charge is 0.334 e. The van der Waals surface area contributed by atoms with Crippen LogP contribution >= 0.6 is 0 Å². The summed E-state index contributed by atoms with van der Waals surface area (Å²) in [6.45, 7) is 4.23. The molecule has 0 radical (unpaired) electrons. The van der Waals surface area contributed by atoms with Gasteiger partial charge in [-0.15, -0.1) is 0 Å². The smallest absolute Gasteiger partial charge is 0.320 e. The van der Waals surface area contributed by atoms with Crippen molar-refractivity contribution in [1.82, 2.24) is 30.0 Å². The Morgan fingerprint density at radius 1 is 1.21 bits per heavy atom. The summed E-state index contributed by atoms with van der Waals surface area (Å²) >= 11 is 0. The van der Waals surface area contributed by atoms with Crippen molar-refractivity contribution in [2.24, 2.45) is 0 Å². The van der Waals surface area contributed by atoms with Gasteiger partial charge in [-0.2, -0.15) is 10.4 Å². The van der Waals surface area contributed by atoms with Crippen molar-refractivity contribution < 1.29 is 4.79 Å². The number of anilines is 1. The Morgan fingerprint density at radius 3 is 2.94 bits per heavy atom. The highest BCUT2D eigenvalue weighted by atomic mass is 16.2. The Morgan fingerprint density at radius 2 is 2.09 bits per heavy atom. The molecule has 2 amide bonds. The van der Waals surface area contributed by atoms with Crippen LogP contribution in [0.25, 0.3) is 16.6 Å². The third-order valence-electron chi connectivity index (χ3n) is 5.96. The fourth-order valence-electron chi connectivity index (χ4n) is 4.30. The summed E-state index contributed by atoms with van der Waals surface area (Å²) in [5.74, 6) is 0.466. The summed E-state index contributed by atoms with van der Waals surface area (Å²) in [5, 5.41) is 20.5. The molecule has 4 heterocycles. The number of pyridine rings is 2. The van der Waals surface area contributed by atoms with Gasteiger partial charge in [-0.1, -0.05) is 18.2 Å². The first kappa shape index (κ1) is 21.6. The summed E-state index contributed by atoms with van der Waals surface area (Å²) in [6, 6.07) is 15.3. The van der Waals surface area contributed by atoms with E-state index in [-0.39, 0.29) is 12.1 Å². The lowest BCUT2D eigenvalue weighted by Gasteiger charge is -2.17. The molecular weight excluding hydrogens is 428 g/mol. The molecule has 34 heavy (non-hydrogen) atoms. The van der Waals surface area contributed by atoms with Gasteiger partial charge in [0.15, 0.2) is 0 Å². The van der Waals surface area contributed by atoms with Crippen molar-refractivity contribution in [3.63, 3.8) is 0 Å². The first-order valence-corrected chi connectivity index (χ1v) is 11.1. The third kappa shape index (κ3) is 4.58. The first-order chi connectivity index (χ1) is 16.6. The lowest BCUT2D eigenvalue weighted by atomic mass is 10.1. The molecule has 0 bridgehead atoms. The molecule has 0 saturated carbocycles. The van der Waals surface area contributed by atoms with Crippen molar-refractivity contribution in [2.45, 2.75) is 25.9 Å². The lowest BCUT2D eigenvalue weighted by molar-refractivity contribution is 0.247. The molecule has 3 aromatic heterocycles. The Balaban J connectivity index is 1.20. The van der Waals surface area contributed by atoms with Gasteiger partial charge in [-0.05, 0) is 43.2 Å². The summed E-state index contributed by atoms with van der Waals surface area (Å²) in [4.78, 5) is 23.5. The van der Waals surface area contributed by atoms with Gasteiger partial charge >= 0.3 is 6.03 Å². The van der Waals surface area contributed by atoms with Gasteiger partial charge in [0.1, 0.15) is 5.82 Å². The quantitative estimate of drug-likeness (QED) is 0.480. The number of hydrogen-bond donors (Lipinski definition) is 2. The van der Waals surface area contributed by atoms with Gasteiger partial charge in [0.2, 0.25) is 0 Å². The highest BCUT2D eigenvalue weighted by molar-refractivity contribution is 5.91. The molecule has 1 atom stereocenters. The van der Waals surface area contributed by atoms with Crippen molar-refractivity contribution in [1.29, 1.82) is 5.26 Å². The lowest BCUT2D eigenvalue weighted by Crippen LogP contribution is -2.39. The molecule has 4 aromatic rings. The van der Waals surface area contributed by atoms with E-state index >= 15 is 0 Å². The first-order valence-electron chi connectivity index (χ1n) is 11.1. The van der Waals surface area contributed by atoms with E-state index in [1.807, 2.05) is 49.4 Å². The van der Waals surface area contributed by atoms with Gasteiger partial charge in [-0.3, -0.25) is 15.2 Å². The fourth-order valence-corrected chi connectivity index (χ4v) is 4.30. The van der Waals surface area contributed by atoms with Crippen LogP contribution < -0.4 is 10.6 Å². The molecule has 1 aromatic carbocycles. The minimum Gasteiger partial charge on any atom is -0.334 e. The number of rotatable bonds is 5. The fraction of sp³-hybridized carbons (Fsp3) is 0.240. The summed E-state index contributed by atoms with van der Waals surface area (Å²) in [6.07, 6.45) is 6.06. The second-order valence-corrected chi connectivity index (χ2v) is 8.43. The maximum Gasteiger partial charge on any atom is 0.320 e. The van der Waals surface area contributed by atoms with Crippen LogP contribution in [0.4, 0.5) is 10.6 Å². The number of aromatic nitrogens is 4. The SMILES string of the molecule is Cc1cc(-n2ncc3cc(NC(=O)NC4CCN(Cc5ccccc5C#N)C4)ncc32)ccn1. The molecule has 0 spiro atoms. The van der Waals surface area contributed by atoms with E-state index in [1.165, 1.54) is 0 Å². The number of hydrogen-bond acceptors (Lipinski definition) is 6. The number of aryl methyl sites for hydroxylation is 1. The van der Waals surface area contributed by atoms with Crippen LogP contribution in [0, 0.1) is 18.3 Å². The van der Waals surface area contributed by atoms with Gasteiger partial charge in [0.25, 0.3) is 0 Å². The average molecular weight is 453 g/mol.